The lowest BCUT2D eigenvalue weighted by molar-refractivity contribution is -0.119. The molecule has 0 aliphatic carbocycles. The van der Waals surface area contributed by atoms with Crippen LogP contribution in [0.5, 0.6) is 0 Å². The largest absolute Gasteiger partial charge is 0.356 e. The van der Waals surface area contributed by atoms with Crippen LogP contribution in [0.3, 0.4) is 0 Å². The summed E-state index contributed by atoms with van der Waals surface area (Å²) in [7, 11) is 0. The van der Waals surface area contributed by atoms with Crippen LogP contribution in [-0.4, -0.2) is 24.9 Å². The van der Waals surface area contributed by atoms with Gasteiger partial charge in [0.25, 0.3) is 0 Å². The molecule has 0 spiro atoms. The molecule has 0 saturated heterocycles. The van der Waals surface area contributed by atoms with E-state index < -0.39 is 0 Å². The number of carbonyl (C=O) groups excluding carboxylic acids is 2. The smallest absolute Gasteiger partial charge is 0.216 e. The van der Waals surface area contributed by atoms with Gasteiger partial charge in [-0.25, -0.2) is 0 Å². The van der Waals surface area contributed by atoms with E-state index in [0.717, 1.165) is 51.6 Å². The highest BCUT2D eigenvalue weighted by Crippen LogP contribution is 2.00. The van der Waals surface area contributed by atoms with E-state index in [0.29, 0.717) is 0 Å². The van der Waals surface area contributed by atoms with E-state index in [1.54, 1.807) is 13.8 Å². The molecule has 0 rings (SSSR count). The summed E-state index contributed by atoms with van der Waals surface area (Å²) in [4.78, 5) is 21.2. The molecular formula is C14H26N2O2. The Labute approximate surface area is 110 Å². The lowest BCUT2D eigenvalue weighted by Crippen LogP contribution is -2.20. The topological polar surface area (TPSA) is 58.2 Å². The van der Waals surface area contributed by atoms with Crippen molar-refractivity contribution in [2.24, 2.45) is 0 Å². The maximum absolute atomic E-state index is 10.6. The first-order valence-electron chi connectivity index (χ1n) is 6.77. The minimum Gasteiger partial charge on any atom is -0.356 e. The van der Waals surface area contributed by atoms with Crippen molar-refractivity contribution >= 4 is 11.8 Å². The monoisotopic (exact) mass is 254 g/mol. The van der Waals surface area contributed by atoms with Gasteiger partial charge in [0.2, 0.25) is 11.8 Å². The predicted molar refractivity (Wildman–Crippen MR) is 74.2 cm³/mol. The Morgan fingerprint density at radius 2 is 1.17 bits per heavy atom. The Morgan fingerprint density at radius 1 is 0.778 bits per heavy atom. The zero-order valence-electron chi connectivity index (χ0n) is 11.6. The zero-order valence-corrected chi connectivity index (χ0v) is 11.6. The van der Waals surface area contributed by atoms with Gasteiger partial charge in [-0.05, 0) is 38.5 Å². The second kappa shape index (κ2) is 12.1. The third-order valence-electron chi connectivity index (χ3n) is 2.51. The Balaban J connectivity index is 3.14. The van der Waals surface area contributed by atoms with Gasteiger partial charge < -0.3 is 10.6 Å². The van der Waals surface area contributed by atoms with Crippen LogP contribution in [0.4, 0.5) is 0 Å². The van der Waals surface area contributed by atoms with Crippen molar-refractivity contribution in [3.8, 4) is 0 Å². The van der Waals surface area contributed by atoms with Crippen LogP contribution in [0, 0.1) is 0 Å². The van der Waals surface area contributed by atoms with Crippen molar-refractivity contribution in [1.82, 2.24) is 10.6 Å². The fraction of sp³-hybridized carbons (Fsp3) is 0.714. The van der Waals surface area contributed by atoms with Gasteiger partial charge in [-0.3, -0.25) is 9.59 Å². The minimum atomic E-state index is 0.0460. The highest BCUT2D eigenvalue weighted by Gasteiger charge is 1.91. The maximum atomic E-state index is 10.6. The van der Waals surface area contributed by atoms with E-state index in [1.165, 1.54) is 0 Å². The average Bonchev–Trinajstić information content (AvgIpc) is 2.29. The fourth-order valence-electron chi connectivity index (χ4n) is 1.54. The first-order chi connectivity index (χ1) is 8.63. The van der Waals surface area contributed by atoms with Crippen LogP contribution < -0.4 is 10.6 Å². The van der Waals surface area contributed by atoms with Crippen molar-refractivity contribution in [2.75, 3.05) is 13.1 Å². The van der Waals surface area contributed by atoms with Gasteiger partial charge in [0.15, 0.2) is 0 Å². The predicted octanol–water partition coefficient (Wildman–Crippen LogP) is 2.16. The Morgan fingerprint density at radius 3 is 1.50 bits per heavy atom. The molecular weight excluding hydrogens is 228 g/mol. The first-order valence-corrected chi connectivity index (χ1v) is 6.77. The summed E-state index contributed by atoms with van der Waals surface area (Å²) in [6.07, 6.45) is 10.8. The maximum Gasteiger partial charge on any atom is 0.216 e. The molecule has 2 amide bonds. The van der Waals surface area contributed by atoms with E-state index >= 15 is 0 Å². The normalized spacial score (nSPS) is 10.6. The van der Waals surface area contributed by atoms with Crippen molar-refractivity contribution in [1.29, 1.82) is 0 Å². The van der Waals surface area contributed by atoms with E-state index in [2.05, 4.69) is 22.8 Å². The van der Waals surface area contributed by atoms with Crippen LogP contribution in [0.1, 0.15) is 52.4 Å². The molecule has 0 unspecified atom stereocenters. The molecule has 0 aliphatic heterocycles. The van der Waals surface area contributed by atoms with Crippen LogP contribution in [0.15, 0.2) is 12.2 Å². The van der Waals surface area contributed by atoms with E-state index in [-0.39, 0.29) is 11.8 Å². The number of hydrogen-bond acceptors (Lipinski definition) is 2. The molecule has 0 fully saturated rings. The molecule has 0 aromatic rings. The van der Waals surface area contributed by atoms with Crippen molar-refractivity contribution in [3.05, 3.63) is 12.2 Å². The summed E-state index contributed by atoms with van der Waals surface area (Å²) in [6, 6.07) is 0. The molecule has 4 nitrogen and oxygen atoms in total. The van der Waals surface area contributed by atoms with Gasteiger partial charge in [0, 0.05) is 26.9 Å². The number of hydrogen-bond donors (Lipinski definition) is 2. The molecule has 18 heavy (non-hydrogen) atoms. The number of amides is 2. The van der Waals surface area contributed by atoms with Crippen molar-refractivity contribution in [2.45, 2.75) is 52.4 Å². The van der Waals surface area contributed by atoms with Crippen LogP contribution >= 0.6 is 0 Å². The summed E-state index contributed by atoms with van der Waals surface area (Å²) < 4.78 is 0. The standard InChI is InChI=1S/C14H26N2O2/c1-13(17)15-11-9-7-5-3-4-6-8-10-12-16-14(2)18/h3-4H,5-12H2,1-2H3,(H,15,17)(H,16,18)/b4-3-. The zero-order chi connectivity index (χ0) is 13.6. The number of nitrogens with one attached hydrogen (secondary N) is 2. The first kappa shape index (κ1) is 16.7. The number of unbranched alkanes of at least 4 members (excludes halogenated alkanes) is 4. The minimum absolute atomic E-state index is 0.0460. The number of rotatable bonds is 10. The van der Waals surface area contributed by atoms with Crippen molar-refractivity contribution in [3.63, 3.8) is 0 Å². The van der Waals surface area contributed by atoms with Gasteiger partial charge in [0.1, 0.15) is 0 Å². The Hall–Kier alpha value is -1.32. The lowest BCUT2D eigenvalue weighted by Gasteiger charge is -2.00. The molecule has 0 saturated carbocycles. The molecule has 2 N–H and O–H groups in total. The van der Waals surface area contributed by atoms with E-state index in [1.807, 2.05) is 0 Å². The summed E-state index contributed by atoms with van der Waals surface area (Å²) in [5.74, 6) is 0.0921. The molecule has 4 heteroatoms. The van der Waals surface area contributed by atoms with Gasteiger partial charge in [-0.1, -0.05) is 12.2 Å². The molecule has 0 aliphatic rings. The summed E-state index contributed by atoms with van der Waals surface area (Å²) >= 11 is 0. The summed E-state index contributed by atoms with van der Waals surface area (Å²) in [5, 5.41) is 5.56. The number of carbonyl (C=O) groups is 2. The molecule has 0 atom stereocenters. The van der Waals surface area contributed by atoms with Crippen molar-refractivity contribution < 1.29 is 9.59 Å². The fourth-order valence-corrected chi connectivity index (χ4v) is 1.54. The SMILES string of the molecule is CC(=O)NCCCC/C=C\CCCCNC(C)=O. The number of allylic oxidation sites excluding steroid dienone is 2. The molecule has 0 heterocycles. The third kappa shape index (κ3) is 14.7. The van der Waals surface area contributed by atoms with Gasteiger partial charge in [-0.2, -0.15) is 0 Å². The van der Waals surface area contributed by atoms with E-state index in [9.17, 15) is 9.59 Å². The molecule has 0 aromatic heterocycles. The second-order valence-corrected chi connectivity index (χ2v) is 4.43. The van der Waals surface area contributed by atoms with Gasteiger partial charge >= 0.3 is 0 Å². The van der Waals surface area contributed by atoms with E-state index in [4.69, 9.17) is 0 Å². The average molecular weight is 254 g/mol. The van der Waals surface area contributed by atoms with Gasteiger partial charge in [-0.15, -0.1) is 0 Å². The Bertz CT molecular complexity index is 237. The quantitative estimate of drug-likeness (QED) is 0.463. The molecule has 0 bridgehead atoms. The second-order valence-electron chi connectivity index (χ2n) is 4.43. The third-order valence-corrected chi connectivity index (χ3v) is 2.51. The lowest BCUT2D eigenvalue weighted by atomic mass is 10.2. The van der Waals surface area contributed by atoms with Crippen LogP contribution in [-0.2, 0) is 9.59 Å². The van der Waals surface area contributed by atoms with Crippen LogP contribution in [0.2, 0.25) is 0 Å². The van der Waals surface area contributed by atoms with Gasteiger partial charge in [0.05, 0.1) is 0 Å². The highest BCUT2D eigenvalue weighted by molar-refractivity contribution is 5.72. The summed E-state index contributed by atoms with van der Waals surface area (Å²) in [6.45, 7) is 4.64. The molecule has 0 radical (unpaired) electrons. The van der Waals surface area contributed by atoms with Crippen LogP contribution in [0.25, 0.3) is 0 Å². The molecule has 104 valence electrons. The molecule has 0 aromatic carbocycles. The Kier molecular flexibility index (Phi) is 11.3. The highest BCUT2D eigenvalue weighted by atomic mass is 16.1. The summed E-state index contributed by atoms with van der Waals surface area (Å²) in [5.41, 5.74) is 0.